The van der Waals surface area contributed by atoms with Crippen molar-refractivity contribution in [3.8, 4) is 0 Å². The number of carbonyl (C=O) groups is 1. The second kappa shape index (κ2) is 4.91. The van der Waals surface area contributed by atoms with E-state index in [1.807, 2.05) is 31.2 Å². The van der Waals surface area contributed by atoms with Crippen molar-refractivity contribution in [2.45, 2.75) is 23.5 Å². The van der Waals surface area contributed by atoms with E-state index in [1.165, 1.54) is 11.8 Å². The van der Waals surface area contributed by atoms with Crippen molar-refractivity contribution in [1.29, 1.82) is 0 Å². The minimum atomic E-state index is -0.770. The maximum Gasteiger partial charge on any atom is 0.304 e. The third-order valence-electron chi connectivity index (χ3n) is 1.66. The fraction of sp³-hybridized carbons (Fsp3) is 0.300. The number of carboxylic acid groups (broad SMARTS) is 1. The Kier molecular flexibility index (Phi) is 3.83. The van der Waals surface area contributed by atoms with Crippen LogP contribution in [-0.2, 0) is 4.79 Å². The first-order chi connectivity index (χ1) is 6.58. The van der Waals surface area contributed by atoms with E-state index in [9.17, 15) is 4.79 Å². The van der Waals surface area contributed by atoms with Gasteiger partial charge >= 0.3 is 5.97 Å². The highest BCUT2D eigenvalue weighted by Crippen LogP contribution is 2.26. The van der Waals surface area contributed by atoms with Gasteiger partial charge in [-0.2, -0.15) is 0 Å². The number of rotatable bonds is 4. The number of nitrogen functional groups attached to an aromatic ring is 1. The van der Waals surface area contributed by atoms with Gasteiger partial charge < -0.3 is 10.8 Å². The Morgan fingerprint density at radius 2 is 2.36 bits per heavy atom. The Labute approximate surface area is 87.3 Å². The minimum absolute atomic E-state index is 0.0642. The first-order valence-electron chi connectivity index (χ1n) is 4.32. The molecule has 0 saturated carbocycles. The van der Waals surface area contributed by atoms with E-state index >= 15 is 0 Å². The second-order valence-electron chi connectivity index (χ2n) is 3.10. The molecule has 0 amide bonds. The summed E-state index contributed by atoms with van der Waals surface area (Å²) in [6.07, 6.45) is 0.166. The Balaban J connectivity index is 2.55. The van der Waals surface area contributed by atoms with Crippen LogP contribution in [0.5, 0.6) is 0 Å². The van der Waals surface area contributed by atoms with E-state index in [4.69, 9.17) is 10.8 Å². The van der Waals surface area contributed by atoms with Crippen LogP contribution in [0.4, 0.5) is 5.69 Å². The van der Waals surface area contributed by atoms with E-state index in [0.717, 1.165) is 4.90 Å². The quantitative estimate of drug-likeness (QED) is 0.592. The fourth-order valence-corrected chi connectivity index (χ4v) is 2.16. The summed E-state index contributed by atoms with van der Waals surface area (Å²) in [6.45, 7) is 1.89. The molecule has 0 fully saturated rings. The summed E-state index contributed by atoms with van der Waals surface area (Å²) in [5, 5.41) is 8.64. The lowest BCUT2D eigenvalue weighted by molar-refractivity contribution is -0.136. The van der Waals surface area contributed by atoms with Crippen LogP contribution in [0.15, 0.2) is 29.2 Å². The van der Waals surface area contributed by atoms with Crippen LogP contribution in [0, 0.1) is 0 Å². The maximum atomic E-state index is 10.4. The van der Waals surface area contributed by atoms with Crippen molar-refractivity contribution < 1.29 is 9.90 Å². The van der Waals surface area contributed by atoms with E-state index in [0.29, 0.717) is 5.69 Å². The summed E-state index contributed by atoms with van der Waals surface area (Å²) in [5.41, 5.74) is 6.31. The molecule has 3 nitrogen and oxygen atoms in total. The summed E-state index contributed by atoms with van der Waals surface area (Å²) < 4.78 is 0. The van der Waals surface area contributed by atoms with Crippen molar-refractivity contribution in [3.05, 3.63) is 24.3 Å². The maximum absolute atomic E-state index is 10.4. The molecule has 1 atom stereocenters. The molecule has 0 aliphatic heterocycles. The number of aliphatic carboxylic acids is 1. The molecule has 0 aromatic heterocycles. The number of thioether (sulfide) groups is 1. The lowest BCUT2D eigenvalue weighted by Gasteiger charge is -2.08. The highest BCUT2D eigenvalue weighted by atomic mass is 32.2. The first-order valence-corrected chi connectivity index (χ1v) is 5.20. The third kappa shape index (κ3) is 3.70. The molecule has 0 radical (unpaired) electrons. The summed E-state index contributed by atoms with van der Waals surface area (Å²) in [6, 6.07) is 7.46. The second-order valence-corrected chi connectivity index (χ2v) is 4.61. The Bertz CT molecular complexity index is 328. The molecule has 1 rings (SSSR count). The Hall–Kier alpha value is -1.16. The summed E-state index contributed by atoms with van der Waals surface area (Å²) >= 11 is 1.53. The molecule has 1 unspecified atom stereocenters. The van der Waals surface area contributed by atoms with Gasteiger partial charge in [0.2, 0.25) is 0 Å². The van der Waals surface area contributed by atoms with Crippen molar-refractivity contribution >= 4 is 23.4 Å². The molecule has 14 heavy (non-hydrogen) atoms. The number of hydrogen-bond donors (Lipinski definition) is 2. The first kappa shape index (κ1) is 10.9. The molecule has 1 aromatic carbocycles. The summed E-state index contributed by atoms with van der Waals surface area (Å²) in [5.74, 6) is -0.770. The van der Waals surface area contributed by atoms with Gasteiger partial charge in [-0.1, -0.05) is 13.0 Å². The van der Waals surface area contributed by atoms with Gasteiger partial charge in [0, 0.05) is 15.8 Å². The van der Waals surface area contributed by atoms with Crippen LogP contribution in [0.1, 0.15) is 13.3 Å². The topological polar surface area (TPSA) is 63.3 Å². The van der Waals surface area contributed by atoms with Crippen molar-refractivity contribution in [2.75, 3.05) is 5.73 Å². The highest BCUT2D eigenvalue weighted by molar-refractivity contribution is 8.00. The molecule has 0 heterocycles. The summed E-state index contributed by atoms with van der Waals surface area (Å²) in [4.78, 5) is 11.4. The van der Waals surface area contributed by atoms with Crippen LogP contribution in [0.25, 0.3) is 0 Å². The molecule has 0 saturated heterocycles. The van der Waals surface area contributed by atoms with Crippen LogP contribution in [-0.4, -0.2) is 16.3 Å². The molecule has 76 valence electrons. The van der Waals surface area contributed by atoms with Crippen LogP contribution in [0.2, 0.25) is 0 Å². The van der Waals surface area contributed by atoms with Gasteiger partial charge in [-0.05, 0) is 18.2 Å². The molecule has 4 heteroatoms. The highest BCUT2D eigenvalue weighted by Gasteiger charge is 2.08. The minimum Gasteiger partial charge on any atom is -0.481 e. The van der Waals surface area contributed by atoms with Crippen molar-refractivity contribution in [2.24, 2.45) is 0 Å². The molecule has 0 spiro atoms. The van der Waals surface area contributed by atoms with E-state index in [1.54, 1.807) is 0 Å². The average Bonchev–Trinajstić information content (AvgIpc) is 2.01. The molecular formula is C10H13NO2S. The standard InChI is InChI=1S/C10H13NO2S/c1-7(5-10(12)13)14-9-4-2-3-8(11)6-9/h2-4,6-7H,5,11H2,1H3,(H,12,13). The largest absolute Gasteiger partial charge is 0.481 e. The lowest BCUT2D eigenvalue weighted by atomic mass is 10.3. The van der Waals surface area contributed by atoms with Gasteiger partial charge in [-0.3, -0.25) is 4.79 Å². The molecule has 0 aliphatic rings. The average molecular weight is 211 g/mol. The molecule has 1 aromatic rings. The van der Waals surface area contributed by atoms with E-state index in [2.05, 4.69) is 0 Å². The van der Waals surface area contributed by atoms with Gasteiger partial charge in [0.25, 0.3) is 0 Å². The molecule has 0 bridgehead atoms. The predicted octanol–water partition coefficient (Wildman–Crippen LogP) is 2.22. The Morgan fingerprint density at radius 3 is 2.93 bits per heavy atom. The SMILES string of the molecule is CC(CC(=O)O)Sc1cccc(N)c1. The molecular weight excluding hydrogens is 198 g/mol. The van der Waals surface area contributed by atoms with Crippen LogP contribution < -0.4 is 5.73 Å². The van der Waals surface area contributed by atoms with Crippen LogP contribution in [0.3, 0.4) is 0 Å². The predicted molar refractivity (Wildman–Crippen MR) is 58.4 cm³/mol. The molecule has 3 N–H and O–H groups in total. The number of benzene rings is 1. The fourth-order valence-electron chi connectivity index (χ4n) is 1.11. The number of nitrogens with two attached hydrogens (primary N) is 1. The Morgan fingerprint density at radius 1 is 1.64 bits per heavy atom. The zero-order valence-corrected chi connectivity index (χ0v) is 8.75. The van der Waals surface area contributed by atoms with E-state index in [-0.39, 0.29) is 11.7 Å². The zero-order chi connectivity index (χ0) is 10.6. The zero-order valence-electron chi connectivity index (χ0n) is 7.93. The number of anilines is 1. The van der Waals surface area contributed by atoms with Gasteiger partial charge in [0.05, 0.1) is 6.42 Å². The van der Waals surface area contributed by atoms with Crippen molar-refractivity contribution in [1.82, 2.24) is 0 Å². The van der Waals surface area contributed by atoms with Crippen LogP contribution >= 0.6 is 11.8 Å². The van der Waals surface area contributed by atoms with Gasteiger partial charge in [0.1, 0.15) is 0 Å². The normalized spacial score (nSPS) is 12.4. The lowest BCUT2D eigenvalue weighted by Crippen LogP contribution is -2.05. The van der Waals surface area contributed by atoms with Gasteiger partial charge in [-0.25, -0.2) is 0 Å². The van der Waals surface area contributed by atoms with Gasteiger partial charge in [-0.15, -0.1) is 11.8 Å². The smallest absolute Gasteiger partial charge is 0.304 e. The summed E-state index contributed by atoms with van der Waals surface area (Å²) in [7, 11) is 0. The van der Waals surface area contributed by atoms with Crippen molar-refractivity contribution in [3.63, 3.8) is 0 Å². The monoisotopic (exact) mass is 211 g/mol. The molecule has 0 aliphatic carbocycles. The third-order valence-corrected chi connectivity index (χ3v) is 2.75. The van der Waals surface area contributed by atoms with Gasteiger partial charge in [0.15, 0.2) is 0 Å². The number of carboxylic acids is 1. The number of hydrogen-bond acceptors (Lipinski definition) is 3. The van der Waals surface area contributed by atoms with E-state index < -0.39 is 5.97 Å².